The summed E-state index contributed by atoms with van der Waals surface area (Å²) in [6, 6.07) is 13.5. The summed E-state index contributed by atoms with van der Waals surface area (Å²) in [6.07, 6.45) is 0. The second kappa shape index (κ2) is 5.73. The SMILES string of the molecule is COc1cccc(Oc2cccc(Br)c2)c1I. The first-order chi connectivity index (χ1) is 8.20. The molecular formula is C13H10BrIO2. The van der Waals surface area contributed by atoms with Gasteiger partial charge in [-0.1, -0.05) is 28.1 Å². The molecular weight excluding hydrogens is 395 g/mol. The van der Waals surface area contributed by atoms with Crippen molar-refractivity contribution in [2.24, 2.45) is 0 Å². The van der Waals surface area contributed by atoms with Crippen LogP contribution in [0.5, 0.6) is 17.2 Å². The van der Waals surface area contributed by atoms with Gasteiger partial charge in [0, 0.05) is 4.47 Å². The molecule has 0 bridgehead atoms. The zero-order valence-electron chi connectivity index (χ0n) is 9.11. The summed E-state index contributed by atoms with van der Waals surface area (Å²) < 4.78 is 13.0. The number of hydrogen-bond donors (Lipinski definition) is 0. The van der Waals surface area contributed by atoms with Crippen LogP contribution < -0.4 is 9.47 Å². The summed E-state index contributed by atoms with van der Waals surface area (Å²) in [5.41, 5.74) is 0. The molecule has 4 heteroatoms. The van der Waals surface area contributed by atoms with E-state index in [-0.39, 0.29) is 0 Å². The lowest BCUT2D eigenvalue weighted by Gasteiger charge is -2.10. The first kappa shape index (κ1) is 12.7. The Hall–Kier alpha value is -0.750. The molecule has 0 amide bonds. The van der Waals surface area contributed by atoms with Crippen LogP contribution in [0.15, 0.2) is 46.9 Å². The zero-order chi connectivity index (χ0) is 12.3. The van der Waals surface area contributed by atoms with Crippen molar-refractivity contribution < 1.29 is 9.47 Å². The van der Waals surface area contributed by atoms with Crippen molar-refractivity contribution in [3.8, 4) is 17.2 Å². The molecule has 2 rings (SSSR count). The molecule has 0 aromatic heterocycles. The molecule has 2 aromatic rings. The number of halogens is 2. The van der Waals surface area contributed by atoms with Gasteiger partial charge in [-0.2, -0.15) is 0 Å². The summed E-state index contributed by atoms with van der Waals surface area (Å²) in [5.74, 6) is 2.41. The van der Waals surface area contributed by atoms with E-state index in [9.17, 15) is 0 Å². The van der Waals surface area contributed by atoms with Gasteiger partial charge in [-0.25, -0.2) is 0 Å². The third-order valence-corrected chi connectivity index (χ3v) is 3.73. The lowest BCUT2D eigenvalue weighted by Crippen LogP contribution is -1.91. The molecule has 0 aliphatic rings. The molecule has 0 heterocycles. The summed E-state index contributed by atoms with van der Waals surface area (Å²) in [5, 5.41) is 0. The molecule has 0 fully saturated rings. The van der Waals surface area contributed by atoms with E-state index in [0.717, 1.165) is 25.3 Å². The molecule has 0 atom stereocenters. The number of methoxy groups -OCH3 is 1. The summed E-state index contributed by atoms with van der Waals surface area (Å²) in [6.45, 7) is 0. The topological polar surface area (TPSA) is 18.5 Å². The van der Waals surface area contributed by atoms with Gasteiger partial charge in [-0.05, 0) is 52.9 Å². The fourth-order valence-electron chi connectivity index (χ4n) is 1.38. The van der Waals surface area contributed by atoms with Crippen molar-refractivity contribution in [1.29, 1.82) is 0 Å². The van der Waals surface area contributed by atoms with E-state index in [1.54, 1.807) is 7.11 Å². The fourth-order valence-corrected chi connectivity index (χ4v) is 2.45. The van der Waals surface area contributed by atoms with Crippen molar-refractivity contribution in [1.82, 2.24) is 0 Å². The van der Waals surface area contributed by atoms with E-state index in [1.165, 1.54) is 0 Å². The van der Waals surface area contributed by atoms with Gasteiger partial charge in [0.05, 0.1) is 10.7 Å². The summed E-state index contributed by atoms with van der Waals surface area (Å²) in [4.78, 5) is 0. The highest BCUT2D eigenvalue weighted by Crippen LogP contribution is 2.33. The summed E-state index contributed by atoms with van der Waals surface area (Å²) >= 11 is 5.63. The van der Waals surface area contributed by atoms with Crippen LogP contribution in [0, 0.1) is 3.57 Å². The van der Waals surface area contributed by atoms with E-state index in [1.807, 2.05) is 42.5 Å². The van der Waals surface area contributed by atoms with Crippen LogP contribution in [0.2, 0.25) is 0 Å². The second-order valence-electron chi connectivity index (χ2n) is 3.33. The van der Waals surface area contributed by atoms with Crippen molar-refractivity contribution in [3.05, 3.63) is 50.5 Å². The fraction of sp³-hybridized carbons (Fsp3) is 0.0769. The minimum atomic E-state index is 0.794. The third kappa shape index (κ3) is 3.13. The lowest BCUT2D eigenvalue weighted by molar-refractivity contribution is 0.404. The molecule has 2 nitrogen and oxygen atoms in total. The number of rotatable bonds is 3. The van der Waals surface area contributed by atoms with Gasteiger partial charge in [0.1, 0.15) is 17.2 Å². The Labute approximate surface area is 122 Å². The lowest BCUT2D eigenvalue weighted by atomic mass is 10.3. The standard InChI is InChI=1S/C13H10BrIO2/c1-16-11-6-3-7-12(13(11)15)17-10-5-2-4-9(14)8-10/h2-8H,1H3. The molecule has 0 aliphatic heterocycles. The number of hydrogen-bond acceptors (Lipinski definition) is 2. The van der Waals surface area contributed by atoms with Gasteiger partial charge in [0.15, 0.2) is 0 Å². The van der Waals surface area contributed by atoms with Crippen molar-refractivity contribution >= 4 is 38.5 Å². The highest BCUT2D eigenvalue weighted by molar-refractivity contribution is 14.1. The molecule has 0 unspecified atom stereocenters. The zero-order valence-corrected chi connectivity index (χ0v) is 12.9. The van der Waals surface area contributed by atoms with E-state index in [2.05, 4.69) is 38.5 Å². The van der Waals surface area contributed by atoms with Gasteiger partial charge in [0.2, 0.25) is 0 Å². The maximum atomic E-state index is 5.81. The molecule has 0 saturated carbocycles. The molecule has 0 aliphatic carbocycles. The Kier molecular flexibility index (Phi) is 4.28. The molecule has 17 heavy (non-hydrogen) atoms. The Balaban J connectivity index is 2.30. The molecule has 0 saturated heterocycles. The van der Waals surface area contributed by atoms with Gasteiger partial charge < -0.3 is 9.47 Å². The number of ether oxygens (including phenoxy) is 2. The number of benzene rings is 2. The largest absolute Gasteiger partial charge is 0.496 e. The molecule has 2 aromatic carbocycles. The normalized spacial score (nSPS) is 10.1. The van der Waals surface area contributed by atoms with Crippen LogP contribution in [-0.4, -0.2) is 7.11 Å². The second-order valence-corrected chi connectivity index (χ2v) is 5.33. The van der Waals surface area contributed by atoms with Crippen LogP contribution in [0.4, 0.5) is 0 Å². The van der Waals surface area contributed by atoms with Crippen molar-refractivity contribution in [3.63, 3.8) is 0 Å². The minimum Gasteiger partial charge on any atom is -0.496 e. The van der Waals surface area contributed by atoms with Crippen LogP contribution in [0.3, 0.4) is 0 Å². The van der Waals surface area contributed by atoms with Crippen molar-refractivity contribution in [2.75, 3.05) is 7.11 Å². The van der Waals surface area contributed by atoms with Crippen LogP contribution in [-0.2, 0) is 0 Å². The highest BCUT2D eigenvalue weighted by Gasteiger charge is 2.07. The Morgan fingerprint density at radius 2 is 1.76 bits per heavy atom. The predicted octanol–water partition coefficient (Wildman–Crippen LogP) is 4.85. The van der Waals surface area contributed by atoms with Crippen LogP contribution in [0.25, 0.3) is 0 Å². The van der Waals surface area contributed by atoms with Gasteiger partial charge in [-0.3, -0.25) is 0 Å². The van der Waals surface area contributed by atoms with Gasteiger partial charge in [0.25, 0.3) is 0 Å². The average Bonchev–Trinajstić information content (AvgIpc) is 2.32. The highest BCUT2D eigenvalue weighted by atomic mass is 127. The van der Waals surface area contributed by atoms with Gasteiger partial charge in [-0.15, -0.1) is 0 Å². The Bertz CT molecular complexity index is 529. The summed E-state index contributed by atoms with van der Waals surface area (Å²) in [7, 11) is 1.65. The predicted molar refractivity (Wildman–Crippen MR) is 79.9 cm³/mol. The maximum absolute atomic E-state index is 5.81. The Morgan fingerprint density at radius 3 is 2.47 bits per heavy atom. The third-order valence-electron chi connectivity index (χ3n) is 2.17. The van der Waals surface area contributed by atoms with E-state index in [0.29, 0.717) is 0 Å². The molecule has 0 spiro atoms. The smallest absolute Gasteiger partial charge is 0.144 e. The first-order valence-corrected chi connectivity index (χ1v) is 6.84. The molecule has 88 valence electrons. The van der Waals surface area contributed by atoms with Crippen molar-refractivity contribution in [2.45, 2.75) is 0 Å². The van der Waals surface area contributed by atoms with E-state index < -0.39 is 0 Å². The minimum absolute atomic E-state index is 0.794. The first-order valence-electron chi connectivity index (χ1n) is 4.96. The van der Waals surface area contributed by atoms with Gasteiger partial charge >= 0.3 is 0 Å². The maximum Gasteiger partial charge on any atom is 0.144 e. The van der Waals surface area contributed by atoms with E-state index in [4.69, 9.17) is 9.47 Å². The van der Waals surface area contributed by atoms with Crippen LogP contribution in [0.1, 0.15) is 0 Å². The van der Waals surface area contributed by atoms with Crippen LogP contribution >= 0.6 is 38.5 Å². The van der Waals surface area contributed by atoms with E-state index >= 15 is 0 Å². The molecule has 0 N–H and O–H groups in total. The Morgan fingerprint density at radius 1 is 1.06 bits per heavy atom. The average molecular weight is 405 g/mol. The monoisotopic (exact) mass is 404 g/mol. The molecule has 0 radical (unpaired) electrons. The quantitative estimate of drug-likeness (QED) is 0.680.